The second-order valence-corrected chi connectivity index (χ2v) is 4.32. The van der Waals surface area contributed by atoms with E-state index in [1.807, 2.05) is 42.5 Å². The number of hydrogen-bond acceptors (Lipinski definition) is 2. The molecule has 0 aliphatic heterocycles. The summed E-state index contributed by atoms with van der Waals surface area (Å²) < 4.78 is 0. The van der Waals surface area contributed by atoms with Gasteiger partial charge in [0.1, 0.15) is 0 Å². The van der Waals surface area contributed by atoms with Crippen LogP contribution < -0.4 is 0 Å². The number of benzene rings is 1. The smallest absolute Gasteiger partial charge is 0.164 e. The number of Topliss-reactive ketones (excluding diaryl/α,β-unsaturated/α-hetero) is 1. The van der Waals surface area contributed by atoms with E-state index in [0.29, 0.717) is 12.0 Å². The van der Waals surface area contributed by atoms with Crippen molar-refractivity contribution in [3.05, 3.63) is 54.2 Å². The van der Waals surface area contributed by atoms with E-state index in [-0.39, 0.29) is 5.78 Å². The second-order valence-electron chi connectivity index (χ2n) is 4.32. The zero-order chi connectivity index (χ0) is 12.8. The quantitative estimate of drug-likeness (QED) is 0.734. The van der Waals surface area contributed by atoms with Crippen LogP contribution in [0.2, 0.25) is 0 Å². The van der Waals surface area contributed by atoms with Gasteiger partial charge in [0.05, 0.1) is 5.69 Å². The van der Waals surface area contributed by atoms with Crippen molar-refractivity contribution in [3.63, 3.8) is 0 Å². The lowest BCUT2D eigenvalue weighted by molar-refractivity contribution is 0.0979. The highest BCUT2D eigenvalue weighted by Crippen LogP contribution is 2.17. The van der Waals surface area contributed by atoms with Crippen molar-refractivity contribution in [2.45, 2.75) is 26.2 Å². The van der Waals surface area contributed by atoms with Crippen molar-refractivity contribution in [1.29, 1.82) is 0 Å². The summed E-state index contributed by atoms with van der Waals surface area (Å²) >= 11 is 0. The number of hydrogen-bond donors (Lipinski definition) is 0. The van der Waals surface area contributed by atoms with Gasteiger partial charge in [-0.2, -0.15) is 0 Å². The lowest BCUT2D eigenvalue weighted by atomic mass is 10.1. The average molecular weight is 239 g/mol. The molecule has 0 fully saturated rings. The van der Waals surface area contributed by atoms with Gasteiger partial charge in [0.25, 0.3) is 0 Å². The summed E-state index contributed by atoms with van der Waals surface area (Å²) in [5.41, 5.74) is 2.69. The molecule has 0 aliphatic rings. The van der Waals surface area contributed by atoms with Crippen LogP contribution in [0.4, 0.5) is 0 Å². The Morgan fingerprint density at radius 3 is 2.50 bits per heavy atom. The van der Waals surface area contributed by atoms with Gasteiger partial charge in [-0.05, 0) is 18.6 Å². The monoisotopic (exact) mass is 239 g/mol. The van der Waals surface area contributed by atoms with Crippen molar-refractivity contribution in [1.82, 2.24) is 4.98 Å². The van der Waals surface area contributed by atoms with Gasteiger partial charge in [0.15, 0.2) is 5.78 Å². The lowest BCUT2D eigenvalue weighted by Crippen LogP contribution is -1.99. The number of carbonyl (C=O) groups is 1. The Labute approximate surface area is 108 Å². The molecule has 2 heteroatoms. The topological polar surface area (TPSA) is 30.0 Å². The summed E-state index contributed by atoms with van der Waals surface area (Å²) in [4.78, 5) is 16.2. The largest absolute Gasteiger partial charge is 0.294 e. The number of aromatic nitrogens is 1. The molecule has 1 heterocycles. The highest BCUT2D eigenvalue weighted by atomic mass is 16.1. The maximum Gasteiger partial charge on any atom is 0.164 e. The first-order chi connectivity index (χ1) is 8.81. The molecular weight excluding hydrogens is 222 g/mol. The van der Waals surface area contributed by atoms with Crippen LogP contribution >= 0.6 is 0 Å². The first kappa shape index (κ1) is 12.5. The Morgan fingerprint density at radius 1 is 1.11 bits per heavy atom. The fourth-order valence-corrected chi connectivity index (χ4v) is 1.82. The van der Waals surface area contributed by atoms with Crippen molar-refractivity contribution in [3.8, 4) is 11.3 Å². The molecule has 2 nitrogen and oxygen atoms in total. The van der Waals surface area contributed by atoms with E-state index in [9.17, 15) is 4.79 Å². The number of pyridine rings is 1. The summed E-state index contributed by atoms with van der Waals surface area (Å²) in [6.45, 7) is 2.09. The Morgan fingerprint density at radius 2 is 1.89 bits per heavy atom. The standard InChI is InChI=1S/C16H17NO/c1-2-3-9-16(18)14-10-11-15(17-12-14)13-7-5-4-6-8-13/h4-8,10-12H,2-3,9H2,1H3. The molecule has 18 heavy (non-hydrogen) atoms. The Hall–Kier alpha value is -1.96. The Bertz CT molecular complexity index is 502. The van der Waals surface area contributed by atoms with Crippen molar-refractivity contribution >= 4 is 5.78 Å². The van der Waals surface area contributed by atoms with E-state index in [1.54, 1.807) is 6.20 Å². The zero-order valence-electron chi connectivity index (χ0n) is 10.6. The second kappa shape index (κ2) is 6.10. The first-order valence-electron chi connectivity index (χ1n) is 6.36. The highest BCUT2D eigenvalue weighted by Gasteiger charge is 2.06. The molecule has 0 radical (unpaired) electrons. The van der Waals surface area contributed by atoms with E-state index < -0.39 is 0 Å². The molecule has 2 aromatic rings. The molecule has 0 saturated carbocycles. The molecular formula is C16H17NO. The molecule has 0 atom stereocenters. The van der Waals surface area contributed by atoms with Gasteiger partial charge in [-0.1, -0.05) is 43.7 Å². The van der Waals surface area contributed by atoms with Crippen LogP contribution in [0.5, 0.6) is 0 Å². The lowest BCUT2D eigenvalue weighted by Gasteiger charge is -2.03. The van der Waals surface area contributed by atoms with Crippen LogP contribution in [-0.2, 0) is 0 Å². The average Bonchev–Trinajstić information content (AvgIpc) is 2.46. The van der Waals surface area contributed by atoms with Crippen molar-refractivity contribution < 1.29 is 4.79 Å². The van der Waals surface area contributed by atoms with E-state index in [2.05, 4.69) is 11.9 Å². The van der Waals surface area contributed by atoms with Gasteiger partial charge in [0, 0.05) is 23.7 Å². The molecule has 0 spiro atoms. The number of nitrogens with zero attached hydrogens (tertiary/aromatic N) is 1. The fourth-order valence-electron chi connectivity index (χ4n) is 1.82. The van der Waals surface area contributed by atoms with Gasteiger partial charge in [-0.25, -0.2) is 0 Å². The van der Waals surface area contributed by atoms with Crippen LogP contribution in [-0.4, -0.2) is 10.8 Å². The van der Waals surface area contributed by atoms with Gasteiger partial charge in [-0.15, -0.1) is 0 Å². The molecule has 0 bridgehead atoms. The van der Waals surface area contributed by atoms with Crippen LogP contribution in [0.15, 0.2) is 48.7 Å². The number of carbonyl (C=O) groups excluding carboxylic acids is 1. The Balaban J connectivity index is 2.13. The molecule has 0 amide bonds. The third kappa shape index (κ3) is 3.04. The van der Waals surface area contributed by atoms with E-state index >= 15 is 0 Å². The molecule has 0 unspecified atom stereocenters. The highest BCUT2D eigenvalue weighted by molar-refractivity contribution is 5.95. The first-order valence-corrected chi connectivity index (χ1v) is 6.36. The summed E-state index contributed by atoms with van der Waals surface area (Å²) in [5.74, 6) is 0.184. The van der Waals surface area contributed by atoms with E-state index in [1.165, 1.54) is 0 Å². The van der Waals surface area contributed by atoms with Crippen LogP contribution in [0.25, 0.3) is 11.3 Å². The molecule has 1 aromatic heterocycles. The predicted molar refractivity (Wildman–Crippen MR) is 73.5 cm³/mol. The molecule has 0 N–H and O–H groups in total. The minimum atomic E-state index is 0.184. The minimum absolute atomic E-state index is 0.184. The summed E-state index contributed by atoms with van der Waals surface area (Å²) in [5, 5.41) is 0. The minimum Gasteiger partial charge on any atom is -0.294 e. The molecule has 1 aromatic carbocycles. The molecule has 0 aliphatic carbocycles. The predicted octanol–water partition coefficient (Wildman–Crippen LogP) is 4.12. The Kier molecular flexibility index (Phi) is 4.24. The fraction of sp³-hybridized carbons (Fsp3) is 0.250. The molecule has 0 saturated heterocycles. The number of rotatable bonds is 5. The summed E-state index contributed by atoms with van der Waals surface area (Å²) in [7, 11) is 0. The van der Waals surface area contributed by atoms with Crippen LogP contribution in [0.1, 0.15) is 36.5 Å². The van der Waals surface area contributed by atoms with Gasteiger partial charge < -0.3 is 0 Å². The number of ketones is 1. The van der Waals surface area contributed by atoms with Crippen molar-refractivity contribution in [2.24, 2.45) is 0 Å². The zero-order valence-corrected chi connectivity index (χ0v) is 10.6. The van der Waals surface area contributed by atoms with Gasteiger partial charge in [0.2, 0.25) is 0 Å². The third-order valence-electron chi connectivity index (χ3n) is 2.91. The van der Waals surface area contributed by atoms with E-state index in [4.69, 9.17) is 0 Å². The maximum absolute atomic E-state index is 11.8. The summed E-state index contributed by atoms with van der Waals surface area (Å²) in [6.07, 6.45) is 4.28. The molecule has 2 rings (SSSR count). The van der Waals surface area contributed by atoms with E-state index in [0.717, 1.165) is 24.1 Å². The summed E-state index contributed by atoms with van der Waals surface area (Å²) in [6, 6.07) is 13.8. The van der Waals surface area contributed by atoms with Gasteiger partial charge in [-0.3, -0.25) is 9.78 Å². The van der Waals surface area contributed by atoms with Gasteiger partial charge >= 0.3 is 0 Å². The van der Waals surface area contributed by atoms with Crippen LogP contribution in [0, 0.1) is 0 Å². The maximum atomic E-state index is 11.8. The SMILES string of the molecule is CCCCC(=O)c1ccc(-c2ccccc2)nc1. The normalized spacial score (nSPS) is 10.3. The van der Waals surface area contributed by atoms with Crippen molar-refractivity contribution in [2.75, 3.05) is 0 Å². The van der Waals surface area contributed by atoms with Crippen LogP contribution in [0.3, 0.4) is 0 Å². The molecule has 92 valence electrons. The third-order valence-corrected chi connectivity index (χ3v) is 2.91. The number of unbranched alkanes of at least 4 members (excludes halogenated alkanes) is 1.